The number of carbonyl (C=O) groups is 1. The maximum absolute atomic E-state index is 12.4. The number of hydrogen-bond donors (Lipinski definition) is 1. The summed E-state index contributed by atoms with van der Waals surface area (Å²) in [6.45, 7) is 3.10. The molecule has 0 unspecified atom stereocenters. The summed E-state index contributed by atoms with van der Waals surface area (Å²) in [6, 6.07) is 5.00. The van der Waals surface area contributed by atoms with Crippen LogP contribution in [-0.4, -0.2) is 56.7 Å². The van der Waals surface area contributed by atoms with Crippen LogP contribution in [0, 0.1) is 13.8 Å². The number of nitrogens with zero attached hydrogens (tertiary/aromatic N) is 3. The standard InChI is InChI=1S/C17H24N4O5S/c1-11-17(27(23,24)20(3)4)12(2)21(19-11)10-16(22)18-13-7-14(25-5)9-15(8-13)26-6/h7-9H,10H2,1-6H3,(H,18,22). The molecule has 1 N–H and O–H groups in total. The predicted octanol–water partition coefficient (Wildman–Crippen LogP) is 1.41. The van der Waals surface area contributed by atoms with Gasteiger partial charge in [-0.2, -0.15) is 5.10 Å². The Morgan fingerprint density at radius 3 is 2.19 bits per heavy atom. The van der Waals surface area contributed by atoms with Gasteiger partial charge in [0.1, 0.15) is 22.9 Å². The number of amides is 1. The zero-order valence-electron chi connectivity index (χ0n) is 16.2. The number of benzene rings is 1. The second-order valence-electron chi connectivity index (χ2n) is 6.09. The van der Waals surface area contributed by atoms with Crippen molar-refractivity contribution in [3.63, 3.8) is 0 Å². The molecule has 1 heterocycles. The topological polar surface area (TPSA) is 103 Å². The van der Waals surface area contributed by atoms with E-state index in [4.69, 9.17) is 9.47 Å². The number of carbonyl (C=O) groups excluding carboxylic acids is 1. The fraction of sp³-hybridized carbons (Fsp3) is 0.412. The Kier molecular flexibility index (Phi) is 6.11. The molecule has 0 radical (unpaired) electrons. The van der Waals surface area contributed by atoms with Crippen molar-refractivity contribution < 1.29 is 22.7 Å². The van der Waals surface area contributed by atoms with Crippen molar-refractivity contribution in [2.75, 3.05) is 33.6 Å². The molecule has 1 amide bonds. The first-order valence-corrected chi connectivity index (χ1v) is 9.53. The van der Waals surface area contributed by atoms with Crippen molar-refractivity contribution >= 4 is 21.6 Å². The number of hydrogen-bond acceptors (Lipinski definition) is 6. The molecule has 2 aromatic rings. The summed E-state index contributed by atoms with van der Waals surface area (Å²) in [5.41, 5.74) is 1.25. The zero-order valence-corrected chi connectivity index (χ0v) is 17.0. The van der Waals surface area contributed by atoms with Crippen LogP contribution in [0.4, 0.5) is 5.69 Å². The van der Waals surface area contributed by atoms with Gasteiger partial charge in [0.25, 0.3) is 0 Å². The Balaban J connectivity index is 2.25. The normalized spacial score (nSPS) is 11.5. The van der Waals surface area contributed by atoms with Gasteiger partial charge in [0.15, 0.2) is 0 Å². The minimum atomic E-state index is -3.64. The molecule has 0 bridgehead atoms. The first kappa shape index (κ1) is 20.7. The molecule has 9 nitrogen and oxygen atoms in total. The van der Waals surface area contributed by atoms with Crippen LogP contribution in [0.15, 0.2) is 23.1 Å². The van der Waals surface area contributed by atoms with E-state index in [-0.39, 0.29) is 17.3 Å². The Bertz CT molecular complexity index is 928. The van der Waals surface area contributed by atoms with E-state index >= 15 is 0 Å². The number of nitrogens with one attached hydrogen (secondary N) is 1. The molecule has 0 saturated carbocycles. The van der Waals surface area contributed by atoms with Crippen molar-refractivity contribution in [3.8, 4) is 11.5 Å². The quantitative estimate of drug-likeness (QED) is 0.759. The van der Waals surface area contributed by atoms with Crippen molar-refractivity contribution in [3.05, 3.63) is 29.6 Å². The third-order valence-corrected chi connectivity index (χ3v) is 6.05. The number of aryl methyl sites for hydroxylation is 1. The molecule has 0 atom stereocenters. The van der Waals surface area contributed by atoms with Crippen molar-refractivity contribution in [1.29, 1.82) is 0 Å². The summed E-state index contributed by atoms with van der Waals surface area (Å²) >= 11 is 0. The summed E-state index contributed by atoms with van der Waals surface area (Å²) < 4.78 is 37.7. The molecule has 0 spiro atoms. The van der Waals surface area contributed by atoms with E-state index in [1.54, 1.807) is 32.0 Å². The van der Waals surface area contributed by atoms with Crippen LogP contribution in [0.2, 0.25) is 0 Å². The smallest absolute Gasteiger partial charge is 0.246 e. The van der Waals surface area contributed by atoms with E-state index in [9.17, 15) is 13.2 Å². The fourth-order valence-electron chi connectivity index (χ4n) is 2.61. The highest BCUT2D eigenvalue weighted by atomic mass is 32.2. The third-order valence-electron chi connectivity index (χ3n) is 3.98. The lowest BCUT2D eigenvalue weighted by molar-refractivity contribution is -0.116. The van der Waals surface area contributed by atoms with Crippen LogP contribution >= 0.6 is 0 Å². The van der Waals surface area contributed by atoms with E-state index in [0.29, 0.717) is 28.6 Å². The van der Waals surface area contributed by atoms with E-state index < -0.39 is 10.0 Å². The van der Waals surface area contributed by atoms with Crippen LogP contribution < -0.4 is 14.8 Å². The maximum Gasteiger partial charge on any atom is 0.246 e. The summed E-state index contributed by atoms with van der Waals surface area (Å²) in [4.78, 5) is 12.5. The maximum atomic E-state index is 12.4. The van der Waals surface area contributed by atoms with Gasteiger partial charge >= 0.3 is 0 Å². The first-order chi connectivity index (χ1) is 12.6. The van der Waals surface area contributed by atoms with E-state index in [1.807, 2.05) is 0 Å². The third kappa shape index (κ3) is 4.40. The van der Waals surface area contributed by atoms with Crippen molar-refractivity contribution in [2.45, 2.75) is 25.3 Å². The molecule has 148 valence electrons. The number of anilines is 1. The monoisotopic (exact) mass is 396 g/mol. The lowest BCUT2D eigenvalue weighted by atomic mass is 10.2. The van der Waals surface area contributed by atoms with Gasteiger partial charge in [-0.05, 0) is 13.8 Å². The van der Waals surface area contributed by atoms with Gasteiger partial charge in [-0.25, -0.2) is 12.7 Å². The van der Waals surface area contributed by atoms with Crippen molar-refractivity contribution in [2.24, 2.45) is 0 Å². The zero-order chi connectivity index (χ0) is 20.4. The summed E-state index contributed by atoms with van der Waals surface area (Å²) in [7, 11) is 2.29. The second-order valence-corrected chi connectivity index (χ2v) is 8.18. The molecule has 0 aliphatic heterocycles. The van der Waals surface area contributed by atoms with Gasteiger partial charge in [-0.15, -0.1) is 0 Å². The minimum absolute atomic E-state index is 0.114. The van der Waals surface area contributed by atoms with Gasteiger partial charge < -0.3 is 14.8 Å². The lowest BCUT2D eigenvalue weighted by Crippen LogP contribution is -2.24. The molecule has 27 heavy (non-hydrogen) atoms. The lowest BCUT2D eigenvalue weighted by Gasteiger charge is -2.12. The highest BCUT2D eigenvalue weighted by Crippen LogP contribution is 2.26. The number of ether oxygens (including phenoxy) is 2. The van der Waals surface area contributed by atoms with Gasteiger partial charge in [0.05, 0.1) is 25.6 Å². The van der Waals surface area contributed by atoms with Crippen LogP contribution in [0.3, 0.4) is 0 Å². The highest BCUT2D eigenvalue weighted by Gasteiger charge is 2.27. The van der Waals surface area contributed by atoms with Gasteiger partial charge in [-0.3, -0.25) is 9.48 Å². The SMILES string of the molecule is COc1cc(NC(=O)Cn2nc(C)c(S(=O)(=O)N(C)C)c2C)cc(OC)c1. The molecule has 2 rings (SSSR count). The number of methoxy groups -OCH3 is 2. The molecule has 10 heteroatoms. The Hall–Kier alpha value is -2.59. The average molecular weight is 396 g/mol. The Labute approximate surface area is 158 Å². The summed E-state index contributed by atoms with van der Waals surface area (Å²) in [5, 5.41) is 6.95. The van der Waals surface area contributed by atoms with E-state index in [2.05, 4.69) is 10.4 Å². The summed E-state index contributed by atoms with van der Waals surface area (Å²) in [5.74, 6) is 0.718. The Morgan fingerprint density at radius 2 is 1.70 bits per heavy atom. The molecule has 0 aliphatic rings. The van der Waals surface area contributed by atoms with Gasteiger partial charge in [0.2, 0.25) is 15.9 Å². The molecule has 0 aliphatic carbocycles. The van der Waals surface area contributed by atoms with E-state index in [1.165, 1.54) is 33.0 Å². The molecular weight excluding hydrogens is 372 g/mol. The van der Waals surface area contributed by atoms with E-state index in [0.717, 1.165) is 4.31 Å². The molecule has 0 fully saturated rings. The minimum Gasteiger partial charge on any atom is -0.497 e. The van der Waals surface area contributed by atoms with Crippen LogP contribution in [0.25, 0.3) is 0 Å². The molecule has 0 saturated heterocycles. The van der Waals surface area contributed by atoms with Crippen LogP contribution in [0.5, 0.6) is 11.5 Å². The molecule has 1 aromatic heterocycles. The molecule has 1 aromatic carbocycles. The van der Waals surface area contributed by atoms with Gasteiger partial charge in [-0.1, -0.05) is 0 Å². The first-order valence-electron chi connectivity index (χ1n) is 8.09. The second kappa shape index (κ2) is 7.97. The predicted molar refractivity (Wildman–Crippen MR) is 101 cm³/mol. The fourth-order valence-corrected chi connectivity index (χ4v) is 3.86. The number of rotatable bonds is 7. The van der Waals surface area contributed by atoms with Gasteiger partial charge in [0, 0.05) is 38.0 Å². The number of sulfonamides is 1. The number of aromatic nitrogens is 2. The van der Waals surface area contributed by atoms with Crippen LogP contribution in [-0.2, 0) is 21.4 Å². The summed E-state index contributed by atoms with van der Waals surface area (Å²) in [6.07, 6.45) is 0. The molecular formula is C17H24N4O5S. The van der Waals surface area contributed by atoms with Crippen molar-refractivity contribution in [1.82, 2.24) is 14.1 Å². The van der Waals surface area contributed by atoms with Crippen LogP contribution in [0.1, 0.15) is 11.4 Å². The average Bonchev–Trinajstić information content (AvgIpc) is 2.87. The largest absolute Gasteiger partial charge is 0.497 e. The highest BCUT2D eigenvalue weighted by molar-refractivity contribution is 7.89. The Morgan fingerprint density at radius 1 is 1.15 bits per heavy atom.